The number of nitrogens with zero attached hydrogens (tertiary/aromatic N) is 3. The third kappa shape index (κ3) is 5.39. The molecule has 0 N–H and O–H groups in total. The van der Waals surface area contributed by atoms with Gasteiger partial charge in [0.15, 0.2) is 11.7 Å². The molecule has 0 aliphatic carbocycles. The number of non-ortho nitro benzene ring substituents is 1. The minimum Gasteiger partial charge on any atom is -0.485 e. The smallest absolute Gasteiger partial charge is 0.270 e. The van der Waals surface area contributed by atoms with Gasteiger partial charge in [-0.05, 0) is 23.6 Å². The third-order valence-electron chi connectivity index (χ3n) is 4.69. The Bertz CT molecular complexity index is 1210. The Morgan fingerprint density at radius 1 is 1.31 bits per heavy atom. The van der Waals surface area contributed by atoms with Crippen LogP contribution < -0.4 is 4.74 Å². The molecule has 0 amide bonds. The van der Waals surface area contributed by atoms with Crippen molar-refractivity contribution in [1.29, 1.82) is 5.26 Å². The van der Waals surface area contributed by atoms with E-state index in [2.05, 4.69) is 20.9 Å². The summed E-state index contributed by atoms with van der Waals surface area (Å²) >= 11 is 4.62. The Labute approximate surface area is 198 Å². The number of carbonyl (C=O) groups excluding carboxylic acids is 1. The minimum absolute atomic E-state index is 0.0532. The summed E-state index contributed by atoms with van der Waals surface area (Å²) in [6.07, 6.45) is 0. The van der Waals surface area contributed by atoms with Gasteiger partial charge in [-0.15, -0.1) is 11.3 Å². The summed E-state index contributed by atoms with van der Waals surface area (Å²) in [6, 6.07) is 13.7. The van der Waals surface area contributed by atoms with Crippen LogP contribution in [-0.4, -0.2) is 22.3 Å². The highest BCUT2D eigenvalue weighted by Crippen LogP contribution is 2.34. The zero-order valence-corrected chi connectivity index (χ0v) is 20.1. The number of aromatic nitrogens is 1. The summed E-state index contributed by atoms with van der Waals surface area (Å²) in [5.74, 6) is -0.904. The van der Waals surface area contributed by atoms with Crippen LogP contribution in [0.15, 0.2) is 52.3 Å². The lowest BCUT2D eigenvalue weighted by Gasteiger charge is -2.23. The molecule has 32 heavy (non-hydrogen) atoms. The molecule has 0 bridgehead atoms. The van der Waals surface area contributed by atoms with Gasteiger partial charge in [0.1, 0.15) is 17.4 Å². The van der Waals surface area contributed by atoms with E-state index in [1.54, 1.807) is 23.6 Å². The number of Topliss-reactive ketones (excluding diaryl/α,β-unsaturated/α-hetero) is 1. The predicted molar refractivity (Wildman–Crippen MR) is 126 cm³/mol. The molecular weight excluding hydrogens is 494 g/mol. The number of carbonyl (C=O) groups is 1. The summed E-state index contributed by atoms with van der Waals surface area (Å²) in [6.45, 7) is 5.88. The SMILES string of the molecule is CC(C)(C)c1cc(Br)ccc1OCC(=O)C(C#N)c1nc(-c2cccc([N+](=O)[O-])c2)cs1. The highest BCUT2D eigenvalue weighted by atomic mass is 79.9. The molecule has 1 heterocycles. The number of nitriles is 1. The number of rotatable bonds is 7. The number of nitro groups is 1. The van der Waals surface area contributed by atoms with E-state index in [-0.39, 0.29) is 17.7 Å². The van der Waals surface area contributed by atoms with Crippen LogP contribution in [0.3, 0.4) is 0 Å². The predicted octanol–water partition coefficient (Wildman–Crippen LogP) is 6.03. The molecule has 0 radical (unpaired) electrons. The Morgan fingerprint density at radius 3 is 2.72 bits per heavy atom. The number of halogens is 1. The fourth-order valence-electron chi connectivity index (χ4n) is 3.04. The second-order valence-corrected chi connectivity index (χ2v) is 9.89. The number of nitro benzene ring substituents is 1. The van der Waals surface area contributed by atoms with Gasteiger partial charge >= 0.3 is 0 Å². The maximum absolute atomic E-state index is 12.8. The van der Waals surface area contributed by atoms with E-state index < -0.39 is 16.6 Å². The normalized spacial score (nSPS) is 12.1. The number of ketones is 1. The molecule has 2 aromatic carbocycles. The number of benzene rings is 2. The zero-order chi connectivity index (χ0) is 23.5. The van der Waals surface area contributed by atoms with Crippen LogP contribution in [0.4, 0.5) is 5.69 Å². The van der Waals surface area contributed by atoms with Crippen molar-refractivity contribution in [3.63, 3.8) is 0 Å². The van der Waals surface area contributed by atoms with Crippen molar-refractivity contribution in [2.75, 3.05) is 6.61 Å². The molecule has 1 aromatic heterocycles. The second-order valence-electron chi connectivity index (χ2n) is 8.09. The zero-order valence-electron chi connectivity index (χ0n) is 17.7. The molecule has 1 atom stereocenters. The Morgan fingerprint density at radius 2 is 2.06 bits per heavy atom. The summed E-state index contributed by atoms with van der Waals surface area (Å²) in [4.78, 5) is 27.7. The molecule has 0 fully saturated rings. The molecular formula is C23H20BrN3O4S. The second kappa shape index (κ2) is 9.59. The molecule has 0 spiro atoms. The van der Waals surface area contributed by atoms with Crippen molar-refractivity contribution in [3.8, 4) is 23.1 Å². The summed E-state index contributed by atoms with van der Waals surface area (Å²) in [5, 5.41) is 22.6. The fraction of sp³-hybridized carbons (Fsp3) is 0.261. The van der Waals surface area contributed by atoms with Crippen molar-refractivity contribution in [1.82, 2.24) is 4.98 Å². The van der Waals surface area contributed by atoms with Crippen molar-refractivity contribution in [3.05, 3.63) is 73.0 Å². The van der Waals surface area contributed by atoms with Crippen LogP contribution >= 0.6 is 27.3 Å². The maximum atomic E-state index is 12.8. The third-order valence-corrected chi connectivity index (χ3v) is 6.10. The highest BCUT2D eigenvalue weighted by molar-refractivity contribution is 9.10. The van der Waals surface area contributed by atoms with Gasteiger partial charge < -0.3 is 4.74 Å². The van der Waals surface area contributed by atoms with Gasteiger partial charge in [-0.1, -0.05) is 48.8 Å². The molecule has 0 aliphatic heterocycles. The van der Waals surface area contributed by atoms with Crippen LogP contribution in [-0.2, 0) is 10.2 Å². The van der Waals surface area contributed by atoms with Crippen molar-refractivity contribution in [2.24, 2.45) is 0 Å². The lowest BCUT2D eigenvalue weighted by atomic mass is 9.86. The van der Waals surface area contributed by atoms with Crippen LogP contribution in [0, 0.1) is 21.4 Å². The van der Waals surface area contributed by atoms with E-state index in [0.717, 1.165) is 21.4 Å². The van der Waals surface area contributed by atoms with Gasteiger partial charge in [-0.25, -0.2) is 4.98 Å². The maximum Gasteiger partial charge on any atom is 0.270 e. The Hall–Kier alpha value is -3.09. The van der Waals surface area contributed by atoms with Crippen molar-refractivity contribution in [2.45, 2.75) is 32.1 Å². The van der Waals surface area contributed by atoms with E-state index >= 15 is 0 Å². The number of hydrogen-bond acceptors (Lipinski definition) is 7. The van der Waals surface area contributed by atoms with Gasteiger partial charge in [0.2, 0.25) is 0 Å². The Balaban J connectivity index is 1.78. The number of ether oxygens (including phenoxy) is 1. The van der Waals surface area contributed by atoms with Gasteiger partial charge in [-0.2, -0.15) is 5.26 Å². The molecule has 9 heteroatoms. The Kier molecular flexibility index (Phi) is 7.06. The van der Waals surface area contributed by atoms with E-state index in [0.29, 0.717) is 22.0 Å². The molecule has 0 aliphatic rings. The molecule has 3 rings (SSSR count). The fourth-order valence-corrected chi connectivity index (χ4v) is 4.30. The van der Waals surface area contributed by atoms with Crippen molar-refractivity contribution < 1.29 is 14.5 Å². The highest BCUT2D eigenvalue weighted by Gasteiger charge is 2.26. The largest absolute Gasteiger partial charge is 0.485 e. The van der Waals surface area contributed by atoms with E-state index in [1.807, 2.05) is 39.0 Å². The molecule has 0 saturated heterocycles. The topological polar surface area (TPSA) is 106 Å². The molecule has 164 valence electrons. The monoisotopic (exact) mass is 513 g/mol. The first kappa shape index (κ1) is 23.6. The van der Waals surface area contributed by atoms with Gasteiger partial charge in [0, 0.05) is 33.1 Å². The first-order valence-electron chi connectivity index (χ1n) is 9.65. The summed E-state index contributed by atoms with van der Waals surface area (Å²) in [5.41, 5.74) is 1.72. The van der Waals surface area contributed by atoms with Crippen LogP contribution in [0.2, 0.25) is 0 Å². The van der Waals surface area contributed by atoms with E-state index in [9.17, 15) is 20.2 Å². The lowest BCUT2D eigenvalue weighted by molar-refractivity contribution is -0.384. The first-order valence-corrected chi connectivity index (χ1v) is 11.3. The standard InChI is InChI=1S/C23H20BrN3O4S/c1-23(2,3)18-10-15(24)7-8-21(18)31-12-20(28)17(11-25)22-26-19(13-32-22)14-5-4-6-16(9-14)27(29)30/h4-10,13,17H,12H2,1-3H3. The van der Waals surface area contributed by atoms with Crippen LogP contribution in [0.5, 0.6) is 5.75 Å². The van der Waals surface area contributed by atoms with Gasteiger partial charge in [0.05, 0.1) is 16.7 Å². The quantitative estimate of drug-likeness (QED) is 0.281. The van der Waals surface area contributed by atoms with E-state index in [1.165, 1.54) is 12.1 Å². The first-order chi connectivity index (χ1) is 15.1. The average molecular weight is 514 g/mol. The van der Waals surface area contributed by atoms with Gasteiger partial charge in [-0.3, -0.25) is 14.9 Å². The summed E-state index contributed by atoms with van der Waals surface area (Å²) < 4.78 is 6.71. The molecule has 0 saturated carbocycles. The molecule has 3 aromatic rings. The summed E-state index contributed by atoms with van der Waals surface area (Å²) in [7, 11) is 0. The minimum atomic E-state index is -1.08. The molecule has 7 nitrogen and oxygen atoms in total. The number of thiazole rings is 1. The van der Waals surface area contributed by atoms with Crippen molar-refractivity contribution >= 4 is 38.7 Å². The van der Waals surface area contributed by atoms with Crippen LogP contribution in [0.25, 0.3) is 11.3 Å². The van der Waals surface area contributed by atoms with E-state index in [4.69, 9.17) is 4.74 Å². The molecule has 1 unspecified atom stereocenters. The lowest BCUT2D eigenvalue weighted by Crippen LogP contribution is -2.21. The average Bonchev–Trinajstić information content (AvgIpc) is 3.22. The van der Waals surface area contributed by atoms with Crippen LogP contribution in [0.1, 0.15) is 37.3 Å². The number of hydrogen-bond donors (Lipinski definition) is 0. The van der Waals surface area contributed by atoms with Gasteiger partial charge in [0.25, 0.3) is 5.69 Å².